The molecule has 0 bridgehead atoms. The Morgan fingerprint density at radius 2 is 2.00 bits per heavy atom. The van der Waals surface area contributed by atoms with Crippen LogP contribution in [-0.4, -0.2) is 17.0 Å². The summed E-state index contributed by atoms with van der Waals surface area (Å²) in [5.74, 6) is 2.04. The molecule has 0 aliphatic heterocycles. The van der Waals surface area contributed by atoms with Gasteiger partial charge in [-0.25, -0.2) is 9.97 Å². The number of rotatable bonds is 4. The van der Waals surface area contributed by atoms with Crippen molar-refractivity contribution in [3.8, 4) is 0 Å². The van der Waals surface area contributed by atoms with Gasteiger partial charge in [-0.05, 0) is 18.2 Å². The molecule has 0 amide bonds. The Kier molecular flexibility index (Phi) is 4.82. The molecule has 0 unspecified atom stereocenters. The Balaban J connectivity index is 2.31. The van der Waals surface area contributed by atoms with Crippen molar-refractivity contribution in [2.24, 2.45) is 0 Å². The molecule has 0 fully saturated rings. The largest absolute Gasteiger partial charge is 0.373 e. The number of benzene rings is 1. The van der Waals surface area contributed by atoms with Crippen molar-refractivity contribution < 1.29 is 0 Å². The topological polar surface area (TPSA) is 37.8 Å². The molecule has 0 radical (unpaired) electrons. The van der Waals surface area contributed by atoms with Crippen LogP contribution in [0.1, 0.15) is 25.6 Å². The lowest BCUT2D eigenvalue weighted by Crippen LogP contribution is -2.02. The molecule has 0 spiro atoms. The highest BCUT2D eigenvalue weighted by atomic mass is 79.9. The summed E-state index contributed by atoms with van der Waals surface area (Å²) in [6.45, 7) is 4.20. The Labute approximate surface area is 126 Å². The van der Waals surface area contributed by atoms with Crippen molar-refractivity contribution in [3.05, 3.63) is 40.6 Å². The molecule has 100 valence electrons. The van der Waals surface area contributed by atoms with Crippen LogP contribution < -0.4 is 5.32 Å². The van der Waals surface area contributed by atoms with Gasteiger partial charge in [-0.2, -0.15) is 0 Å². The summed E-state index contributed by atoms with van der Waals surface area (Å²) in [7, 11) is 1.87. The van der Waals surface area contributed by atoms with Crippen molar-refractivity contribution in [1.29, 1.82) is 0 Å². The van der Waals surface area contributed by atoms with Gasteiger partial charge < -0.3 is 5.32 Å². The van der Waals surface area contributed by atoms with E-state index in [4.69, 9.17) is 0 Å². The lowest BCUT2D eigenvalue weighted by atomic mass is 10.2. The fraction of sp³-hybridized carbons (Fsp3) is 0.286. The molecule has 19 heavy (non-hydrogen) atoms. The monoisotopic (exact) mass is 337 g/mol. The molecule has 2 aromatic rings. The first-order valence-corrected chi connectivity index (χ1v) is 7.69. The van der Waals surface area contributed by atoms with E-state index in [1.165, 1.54) is 0 Å². The van der Waals surface area contributed by atoms with Gasteiger partial charge in [-0.3, -0.25) is 0 Å². The molecule has 0 saturated carbocycles. The van der Waals surface area contributed by atoms with Crippen LogP contribution in [0.15, 0.2) is 44.7 Å². The number of aromatic nitrogens is 2. The van der Waals surface area contributed by atoms with Crippen LogP contribution in [0.3, 0.4) is 0 Å². The van der Waals surface area contributed by atoms with Crippen LogP contribution in [0.2, 0.25) is 0 Å². The average Bonchev–Trinajstić information content (AvgIpc) is 2.38. The van der Waals surface area contributed by atoms with E-state index in [1.54, 1.807) is 11.8 Å². The molecule has 0 atom stereocenters. The number of nitrogens with zero attached hydrogens (tertiary/aromatic N) is 2. The summed E-state index contributed by atoms with van der Waals surface area (Å²) in [5.41, 5.74) is 0. The highest BCUT2D eigenvalue weighted by Crippen LogP contribution is 2.30. The predicted octanol–water partition coefficient (Wildman–Crippen LogP) is 4.56. The van der Waals surface area contributed by atoms with Gasteiger partial charge >= 0.3 is 0 Å². The number of hydrogen-bond donors (Lipinski definition) is 1. The van der Waals surface area contributed by atoms with Crippen LogP contribution in [0, 0.1) is 0 Å². The highest BCUT2D eigenvalue weighted by molar-refractivity contribution is 9.10. The van der Waals surface area contributed by atoms with Crippen molar-refractivity contribution in [1.82, 2.24) is 9.97 Å². The third-order valence-corrected chi connectivity index (χ3v) is 3.91. The van der Waals surface area contributed by atoms with E-state index < -0.39 is 0 Å². The van der Waals surface area contributed by atoms with Crippen LogP contribution >= 0.6 is 27.7 Å². The van der Waals surface area contributed by atoms with Crippen molar-refractivity contribution in [2.45, 2.75) is 29.7 Å². The average molecular weight is 338 g/mol. The van der Waals surface area contributed by atoms with E-state index in [1.807, 2.05) is 25.2 Å². The normalized spacial score (nSPS) is 10.8. The minimum atomic E-state index is 0.315. The summed E-state index contributed by atoms with van der Waals surface area (Å²) in [4.78, 5) is 10.2. The molecular weight excluding hydrogens is 322 g/mol. The summed E-state index contributed by atoms with van der Waals surface area (Å²) in [6.07, 6.45) is 0. The molecule has 1 aromatic carbocycles. The molecule has 1 N–H and O–H groups in total. The van der Waals surface area contributed by atoms with Crippen LogP contribution in [0.25, 0.3) is 0 Å². The standard InChI is InChI=1S/C14H16BrN3S/c1-9(2)14-17-12(16-3)8-13(18-14)19-11-6-4-5-10(15)7-11/h4-9H,1-3H3,(H,16,17,18). The zero-order valence-corrected chi connectivity index (χ0v) is 13.5. The number of nitrogens with one attached hydrogen (secondary N) is 1. The lowest BCUT2D eigenvalue weighted by Gasteiger charge is -2.09. The van der Waals surface area contributed by atoms with Crippen LogP contribution in [0.5, 0.6) is 0 Å². The van der Waals surface area contributed by atoms with E-state index in [-0.39, 0.29) is 0 Å². The van der Waals surface area contributed by atoms with Gasteiger partial charge in [0, 0.05) is 28.4 Å². The molecule has 1 heterocycles. The maximum atomic E-state index is 4.60. The molecule has 2 rings (SSSR count). The van der Waals surface area contributed by atoms with Crippen molar-refractivity contribution >= 4 is 33.5 Å². The predicted molar refractivity (Wildman–Crippen MR) is 83.9 cm³/mol. The Morgan fingerprint density at radius 1 is 1.21 bits per heavy atom. The fourth-order valence-electron chi connectivity index (χ4n) is 1.53. The minimum Gasteiger partial charge on any atom is -0.373 e. The summed E-state index contributed by atoms with van der Waals surface area (Å²) in [6, 6.07) is 10.2. The third-order valence-electron chi connectivity index (χ3n) is 2.51. The minimum absolute atomic E-state index is 0.315. The second-order valence-electron chi connectivity index (χ2n) is 4.41. The van der Waals surface area contributed by atoms with Gasteiger partial charge in [0.05, 0.1) is 0 Å². The Bertz CT molecular complexity index is 572. The van der Waals surface area contributed by atoms with Crippen molar-refractivity contribution in [2.75, 3.05) is 12.4 Å². The number of hydrogen-bond acceptors (Lipinski definition) is 4. The van der Waals surface area contributed by atoms with Gasteiger partial charge in [-0.15, -0.1) is 0 Å². The molecule has 0 saturated heterocycles. The highest BCUT2D eigenvalue weighted by Gasteiger charge is 2.08. The second kappa shape index (κ2) is 6.39. The zero-order valence-electron chi connectivity index (χ0n) is 11.1. The zero-order chi connectivity index (χ0) is 13.8. The Hall–Kier alpha value is -1.07. The Morgan fingerprint density at radius 3 is 2.63 bits per heavy atom. The first-order chi connectivity index (χ1) is 9.08. The molecule has 0 aliphatic rings. The quantitative estimate of drug-likeness (QED) is 0.830. The van der Waals surface area contributed by atoms with E-state index in [9.17, 15) is 0 Å². The molecular formula is C14H16BrN3S. The van der Waals surface area contributed by atoms with Gasteiger partial charge in [0.1, 0.15) is 16.7 Å². The lowest BCUT2D eigenvalue weighted by molar-refractivity contribution is 0.755. The van der Waals surface area contributed by atoms with Gasteiger partial charge in [0.25, 0.3) is 0 Å². The molecule has 1 aromatic heterocycles. The van der Waals surface area contributed by atoms with E-state index >= 15 is 0 Å². The second-order valence-corrected chi connectivity index (χ2v) is 6.42. The maximum absolute atomic E-state index is 4.60. The van der Waals surface area contributed by atoms with E-state index in [2.05, 4.69) is 57.2 Å². The summed E-state index contributed by atoms with van der Waals surface area (Å²) in [5, 5.41) is 4.05. The van der Waals surface area contributed by atoms with Gasteiger partial charge in [-0.1, -0.05) is 47.6 Å². The van der Waals surface area contributed by atoms with E-state index in [0.717, 1.165) is 26.0 Å². The fourth-order valence-corrected chi connectivity index (χ4v) is 2.97. The van der Waals surface area contributed by atoms with Crippen LogP contribution in [0.4, 0.5) is 5.82 Å². The SMILES string of the molecule is CNc1cc(Sc2cccc(Br)c2)nc(C(C)C)n1. The number of anilines is 1. The first kappa shape index (κ1) is 14.3. The molecule has 5 heteroatoms. The maximum Gasteiger partial charge on any atom is 0.134 e. The van der Waals surface area contributed by atoms with Gasteiger partial charge in [0.2, 0.25) is 0 Å². The summed E-state index contributed by atoms with van der Waals surface area (Å²) >= 11 is 5.12. The van der Waals surface area contributed by atoms with Crippen LogP contribution in [-0.2, 0) is 0 Å². The smallest absolute Gasteiger partial charge is 0.134 e. The first-order valence-electron chi connectivity index (χ1n) is 6.08. The third kappa shape index (κ3) is 3.94. The van der Waals surface area contributed by atoms with Gasteiger partial charge in [0.15, 0.2) is 0 Å². The molecule has 3 nitrogen and oxygen atoms in total. The molecule has 0 aliphatic carbocycles. The van der Waals surface area contributed by atoms with Crippen molar-refractivity contribution in [3.63, 3.8) is 0 Å². The van der Waals surface area contributed by atoms with E-state index in [0.29, 0.717) is 5.92 Å². The number of halogens is 1. The summed E-state index contributed by atoms with van der Waals surface area (Å²) < 4.78 is 1.07.